The summed E-state index contributed by atoms with van der Waals surface area (Å²) in [6.07, 6.45) is 5.55. The molecule has 1 saturated heterocycles. The maximum atomic E-state index is 9.96. The molecule has 0 aliphatic carbocycles. The van der Waals surface area contributed by atoms with Crippen molar-refractivity contribution in [1.82, 2.24) is 10.2 Å². The first-order valence-electron chi connectivity index (χ1n) is 7.80. The third-order valence-corrected chi connectivity index (χ3v) is 4.26. The van der Waals surface area contributed by atoms with E-state index in [1.54, 1.807) is 0 Å². The van der Waals surface area contributed by atoms with Gasteiger partial charge in [0.05, 0.1) is 6.10 Å². The Labute approximate surface area is 119 Å². The Balaban J connectivity index is 2.18. The van der Waals surface area contributed by atoms with E-state index in [2.05, 4.69) is 44.0 Å². The average Bonchev–Trinajstić information content (AvgIpc) is 2.42. The lowest BCUT2D eigenvalue weighted by molar-refractivity contribution is 0.104. The van der Waals surface area contributed by atoms with Gasteiger partial charge in [0.2, 0.25) is 0 Å². The van der Waals surface area contributed by atoms with Crippen LogP contribution in [0.25, 0.3) is 0 Å². The Hall–Kier alpha value is -0.380. The van der Waals surface area contributed by atoms with Crippen molar-refractivity contribution >= 4 is 0 Å². The standard InChI is InChI=1S/C16H32N2O/c1-5-14(4)16(19)12-17-15-7-10-18(11-8-15)9-6-13(2)3/h6,14-17,19H,5,7-12H2,1-4H3. The Morgan fingerprint density at radius 2 is 2.00 bits per heavy atom. The molecule has 3 heteroatoms. The van der Waals surface area contributed by atoms with Crippen LogP contribution in [-0.4, -0.2) is 48.3 Å². The molecule has 0 aromatic carbocycles. The van der Waals surface area contributed by atoms with Gasteiger partial charge in [-0.2, -0.15) is 0 Å². The lowest BCUT2D eigenvalue weighted by atomic mass is 10.0. The molecule has 0 radical (unpaired) electrons. The second kappa shape index (κ2) is 8.72. The van der Waals surface area contributed by atoms with Crippen molar-refractivity contribution in [3.05, 3.63) is 11.6 Å². The molecule has 0 spiro atoms. The van der Waals surface area contributed by atoms with Crippen molar-refractivity contribution in [3.63, 3.8) is 0 Å². The molecule has 2 unspecified atom stereocenters. The third-order valence-electron chi connectivity index (χ3n) is 4.26. The molecule has 19 heavy (non-hydrogen) atoms. The number of nitrogens with one attached hydrogen (secondary N) is 1. The Morgan fingerprint density at radius 1 is 1.37 bits per heavy atom. The van der Waals surface area contributed by atoms with Crippen LogP contribution in [-0.2, 0) is 0 Å². The Kier molecular flexibility index (Phi) is 7.66. The zero-order valence-electron chi connectivity index (χ0n) is 13.2. The van der Waals surface area contributed by atoms with Crippen LogP contribution >= 0.6 is 0 Å². The van der Waals surface area contributed by atoms with Crippen LogP contribution in [0.15, 0.2) is 11.6 Å². The summed E-state index contributed by atoms with van der Waals surface area (Å²) in [6, 6.07) is 0.585. The first-order valence-corrected chi connectivity index (χ1v) is 7.80. The molecule has 0 aromatic rings. The van der Waals surface area contributed by atoms with E-state index in [4.69, 9.17) is 0 Å². The van der Waals surface area contributed by atoms with Crippen LogP contribution in [0.1, 0.15) is 47.0 Å². The van der Waals surface area contributed by atoms with E-state index in [1.807, 2.05) is 0 Å². The highest BCUT2D eigenvalue weighted by molar-refractivity contribution is 4.95. The molecular weight excluding hydrogens is 236 g/mol. The minimum Gasteiger partial charge on any atom is -0.392 e. The number of hydrogen-bond donors (Lipinski definition) is 2. The molecule has 0 aromatic heterocycles. The van der Waals surface area contributed by atoms with Gasteiger partial charge in [-0.3, -0.25) is 4.90 Å². The highest BCUT2D eigenvalue weighted by Crippen LogP contribution is 2.12. The molecule has 1 aliphatic heterocycles. The van der Waals surface area contributed by atoms with Crippen molar-refractivity contribution in [2.24, 2.45) is 5.92 Å². The topological polar surface area (TPSA) is 35.5 Å². The predicted octanol–water partition coefficient (Wildman–Crippen LogP) is 2.41. The van der Waals surface area contributed by atoms with Gasteiger partial charge in [-0.15, -0.1) is 0 Å². The van der Waals surface area contributed by atoms with E-state index < -0.39 is 0 Å². The van der Waals surface area contributed by atoms with Crippen molar-refractivity contribution in [3.8, 4) is 0 Å². The second-order valence-electron chi connectivity index (χ2n) is 6.22. The number of nitrogens with zero attached hydrogens (tertiary/aromatic N) is 1. The quantitative estimate of drug-likeness (QED) is 0.696. The maximum Gasteiger partial charge on any atom is 0.0690 e. The first kappa shape index (κ1) is 16.7. The predicted molar refractivity (Wildman–Crippen MR) is 82.4 cm³/mol. The van der Waals surface area contributed by atoms with Crippen molar-refractivity contribution in [2.45, 2.75) is 59.1 Å². The van der Waals surface area contributed by atoms with E-state index in [0.29, 0.717) is 12.0 Å². The summed E-state index contributed by atoms with van der Waals surface area (Å²) in [5.41, 5.74) is 1.40. The summed E-state index contributed by atoms with van der Waals surface area (Å²) in [7, 11) is 0. The highest BCUT2D eigenvalue weighted by Gasteiger charge is 2.20. The molecule has 1 rings (SSSR count). The summed E-state index contributed by atoms with van der Waals surface area (Å²) >= 11 is 0. The lowest BCUT2D eigenvalue weighted by Gasteiger charge is -2.32. The van der Waals surface area contributed by atoms with Gasteiger partial charge in [0, 0.05) is 19.1 Å². The van der Waals surface area contributed by atoms with Crippen molar-refractivity contribution in [2.75, 3.05) is 26.2 Å². The smallest absolute Gasteiger partial charge is 0.0690 e. The fourth-order valence-corrected chi connectivity index (χ4v) is 2.39. The number of rotatable bonds is 7. The molecule has 3 nitrogen and oxygen atoms in total. The first-order chi connectivity index (χ1) is 9.02. The van der Waals surface area contributed by atoms with Crippen LogP contribution in [0.5, 0.6) is 0 Å². The molecular formula is C16H32N2O. The van der Waals surface area contributed by atoms with E-state index in [-0.39, 0.29) is 6.10 Å². The van der Waals surface area contributed by atoms with Crippen LogP contribution < -0.4 is 5.32 Å². The SMILES string of the molecule is CCC(C)C(O)CNC1CCN(CC=C(C)C)CC1. The lowest BCUT2D eigenvalue weighted by Crippen LogP contribution is -2.45. The number of piperidine rings is 1. The van der Waals surface area contributed by atoms with Gasteiger partial charge in [-0.25, -0.2) is 0 Å². The Morgan fingerprint density at radius 3 is 2.53 bits per heavy atom. The number of aliphatic hydroxyl groups excluding tert-OH is 1. The van der Waals surface area contributed by atoms with Gasteiger partial charge < -0.3 is 10.4 Å². The number of allylic oxidation sites excluding steroid dienone is 1. The van der Waals surface area contributed by atoms with Gasteiger partial charge in [0.25, 0.3) is 0 Å². The minimum atomic E-state index is -0.200. The van der Waals surface area contributed by atoms with Crippen LogP contribution in [0, 0.1) is 5.92 Å². The summed E-state index contributed by atoms with van der Waals surface area (Å²) in [5.74, 6) is 0.394. The number of likely N-dealkylation sites (tertiary alicyclic amines) is 1. The van der Waals surface area contributed by atoms with Gasteiger partial charge >= 0.3 is 0 Å². The average molecular weight is 268 g/mol. The van der Waals surface area contributed by atoms with Crippen LogP contribution in [0.2, 0.25) is 0 Å². The Bertz CT molecular complexity index is 266. The van der Waals surface area contributed by atoms with E-state index in [1.165, 1.54) is 31.5 Å². The monoisotopic (exact) mass is 268 g/mol. The molecule has 0 bridgehead atoms. The van der Waals surface area contributed by atoms with Crippen molar-refractivity contribution < 1.29 is 5.11 Å². The normalized spacial score (nSPS) is 21.1. The molecule has 1 fully saturated rings. The fourth-order valence-electron chi connectivity index (χ4n) is 2.39. The zero-order valence-corrected chi connectivity index (χ0v) is 13.2. The second-order valence-corrected chi connectivity index (χ2v) is 6.22. The summed E-state index contributed by atoms with van der Waals surface area (Å²) in [4.78, 5) is 2.51. The molecule has 2 atom stereocenters. The number of hydrogen-bond acceptors (Lipinski definition) is 3. The van der Waals surface area contributed by atoms with Gasteiger partial charge in [0.1, 0.15) is 0 Å². The summed E-state index contributed by atoms with van der Waals surface area (Å²) < 4.78 is 0. The van der Waals surface area contributed by atoms with E-state index >= 15 is 0 Å². The van der Waals surface area contributed by atoms with Gasteiger partial charge in [-0.1, -0.05) is 31.9 Å². The molecule has 112 valence electrons. The summed E-state index contributed by atoms with van der Waals surface area (Å²) in [6.45, 7) is 12.7. The molecule has 2 N–H and O–H groups in total. The largest absolute Gasteiger partial charge is 0.392 e. The number of aliphatic hydroxyl groups is 1. The van der Waals surface area contributed by atoms with Crippen LogP contribution in [0.4, 0.5) is 0 Å². The van der Waals surface area contributed by atoms with Crippen LogP contribution in [0.3, 0.4) is 0 Å². The maximum absolute atomic E-state index is 9.96. The molecule has 1 heterocycles. The molecule has 0 amide bonds. The van der Waals surface area contributed by atoms with Gasteiger partial charge in [0.15, 0.2) is 0 Å². The summed E-state index contributed by atoms with van der Waals surface area (Å²) in [5, 5.41) is 13.5. The molecule has 1 aliphatic rings. The fraction of sp³-hybridized carbons (Fsp3) is 0.875. The van der Waals surface area contributed by atoms with E-state index in [9.17, 15) is 5.11 Å². The molecule has 0 saturated carbocycles. The van der Waals surface area contributed by atoms with E-state index in [0.717, 1.165) is 19.5 Å². The van der Waals surface area contributed by atoms with Gasteiger partial charge in [-0.05, 0) is 45.7 Å². The highest BCUT2D eigenvalue weighted by atomic mass is 16.3. The van der Waals surface area contributed by atoms with Crippen molar-refractivity contribution in [1.29, 1.82) is 0 Å². The minimum absolute atomic E-state index is 0.200. The third kappa shape index (κ3) is 6.55. The zero-order chi connectivity index (χ0) is 14.3.